The zero-order valence-electron chi connectivity index (χ0n) is 5.28. The van der Waals surface area contributed by atoms with Gasteiger partial charge in [-0.25, -0.2) is 4.79 Å². The van der Waals surface area contributed by atoms with Gasteiger partial charge in [0.2, 0.25) is 0 Å². The standard InChI is InChI=1S/C5H4ClNO3.ClH/c6-1-3-2-10-7-4(3)5(8)9;/h2H,1H2,(H,8,9);1H. The molecule has 4 nitrogen and oxygen atoms in total. The van der Waals surface area contributed by atoms with E-state index in [1.165, 1.54) is 6.26 Å². The second kappa shape index (κ2) is 4.20. The van der Waals surface area contributed by atoms with Crippen LogP contribution < -0.4 is 0 Å². The Morgan fingerprint density at radius 1 is 1.82 bits per heavy atom. The number of rotatable bonds is 2. The van der Waals surface area contributed by atoms with Crippen LogP contribution in [-0.4, -0.2) is 16.2 Å². The first-order chi connectivity index (χ1) is 4.75. The van der Waals surface area contributed by atoms with Crippen molar-refractivity contribution in [2.24, 2.45) is 0 Å². The van der Waals surface area contributed by atoms with Crippen molar-refractivity contribution in [1.29, 1.82) is 0 Å². The molecule has 11 heavy (non-hydrogen) atoms. The van der Waals surface area contributed by atoms with Crippen molar-refractivity contribution in [3.63, 3.8) is 0 Å². The molecule has 1 N–H and O–H groups in total. The zero-order chi connectivity index (χ0) is 7.56. The number of hydrogen-bond donors (Lipinski definition) is 1. The van der Waals surface area contributed by atoms with Crippen LogP contribution in [0.3, 0.4) is 0 Å². The normalized spacial score (nSPS) is 8.82. The first kappa shape index (κ1) is 10.3. The van der Waals surface area contributed by atoms with Gasteiger partial charge >= 0.3 is 5.97 Å². The maximum absolute atomic E-state index is 10.3. The van der Waals surface area contributed by atoms with Crippen molar-refractivity contribution in [2.75, 3.05) is 0 Å². The summed E-state index contributed by atoms with van der Waals surface area (Å²) in [7, 11) is 0. The topological polar surface area (TPSA) is 63.3 Å². The third kappa shape index (κ3) is 2.10. The van der Waals surface area contributed by atoms with Crippen LogP contribution in [-0.2, 0) is 5.88 Å². The summed E-state index contributed by atoms with van der Waals surface area (Å²) in [6.07, 6.45) is 1.22. The third-order valence-electron chi connectivity index (χ3n) is 0.990. The molecule has 0 aliphatic rings. The average Bonchev–Trinajstić information content (AvgIpc) is 2.33. The summed E-state index contributed by atoms with van der Waals surface area (Å²) >= 11 is 5.35. The molecule has 1 rings (SSSR count). The molecule has 0 fully saturated rings. The molecular weight excluding hydrogens is 193 g/mol. The zero-order valence-corrected chi connectivity index (χ0v) is 6.85. The van der Waals surface area contributed by atoms with E-state index < -0.39 is 5.97 Å². The maximum Gasteiger partial charge on any atom is 0.358 e. The van der Waals surface area contributed by atoms with Gasteiger partial charge in [-0.15, -0.1) is 24.0 Å². The molecule has 0 bridgehead atoms. The monoisotopic (exact) mass is 197 g/mol. The fourth-order valence-corrected chi connectivity index (χ4v) is 0.718. The van der Waals surface area contributed by atoms with Gasteiger partial charge in [0.25, 0.3) is 0 Å². The van der Waals surface area contributed by atoms with Gasteiger partial charge in [0, 0.05) is 5.56 Å². The molecule has 1 aromatic heterocycles. The summed E-state index contributed by atoms with van der Waals surface area (Å²) in [6.45, 7) is 0. The second-order valence-corrected chi connectivity index (χ2v) is 1.89. The number of alkyl halides is 1. The molecule has 0 saturated carbocycles. The Morgan fingerprint density at radius 3 is 2.82 bits per heavy atom. The van der Waals surface area contributed by atoms with Crippen LogP contribution in [0.15, 0.2) is 10.8 Å². The molecule has 0 aliphatic heterocycles. The van der Waals surface area contributed by atoms with E-state index in [9.17, 15) is 4.79 Å². The van der Waals surface area contributed by atoms with E-state index >= 15 is 0 Å². The maximum atomic E-state index is 10.3. The van der Waals surface area contributed by atoms with Gasteiger partial charge in [0.1, 0.15) is 6.26 Å². The highest BCUT2D eigenvalue weighted by Gasteiger charge is 2.12. The van der Waals surface area contributed by atoms with Crippen LogP contribution in [0, 0.1) is 0 Å². The van der Waals surface area contributed by atoms with Gasteiger partial charge < -0.3 is 9.63 Å². The summed E-state index contributed by atoms with van der Waals surface area (Å²) in [5.41, 5.74) is 0.282. The molecule has 0 aliphatic carbocycles. The van der Waals surface area contributed by atoms with Gasteiger partial charge in [-0.05, 0) is 0 Å². The van der Waals surface area contributed by atoms with Crippen LogP contribution >= 0.6 is 24.0 Å². The first-order valence-corrected chi connectivity index (χ1v) is 3.01. The van der Waals surface area contributed by atoms with E-state index in [-0.39, 0.29) is 24.0 Å². The second-order valence-electron chi connectivity index (χ2n) is 1.63. The van der Waals surface area contributed by atoms with Crippen LogP contribution in [0.5, 0.6) is 0 Å². The van der Waals surface area contributed by atoms with Crippen LogP contribution in [0.4, 0.5) is 0 Å². The predicted octanol–water partition coefficient (Wildman–Crippen LogP) is 1.53. The summed E-state index contributed by atoms with van der Waals surface area (Å²) < 4.78 is 4.38. The van der Waals surface area contributed by atoms with E-state index in [1.54, 1.807) is 0 Å². The Labute approximate surface area is 73.5 Å². The largest absolute Gasteiger partial charge is 0.476 e. The molecule has 0 unspecified atom stereocenters. The number of hydrogen-bond acceptors (Lipinski definition) is 3. The Bertz CT molecular complexity index is 248. The Hall–Kier alpha value is -0.740. The quantitative estimate of drug-likeness (QED) is 0.731. The number of aromatic carboxylic acids is 1. The number of carboxylic acids is 1. The lowest BCUT2D eigenvalue weighted by atomic mass is 10.3. The van der Waals surface area contributed by atoms with E-state index in [0.29, 0.717) is 5.56 Å². The minimum atomic E-state index is -1.12. The summed E-state index contributed by atoms with van der Waals surface area (Å²) in [6, 6.07) is 0. The highest BCUT2D eigenvalue weighted by molar-refractivity contribution is 6.17. The van der Waals surface area contributed by atoms with E-state index in [2.05, 4.69) is 9.68 Å². The van der Waals surface area contributed by atoms with Crippen molar-refractivity contribution in [3.8, 4) is 0 Å². The fraction of sp³-hybridized carbons (Fsp3) is 0.200. The van der Waals surface area contributed by atoms with Crippen molar-refractivity contribution < 1.29 is 14.4 Å². The lowest BCUT2D eigenvalue weighted by Gasteiger charge is -1.85. The highest BCUT2D eigenvalue weighted by Crippen LogP contribution is 2.08. The smallest absolute Gasteiger partial charge is 0.358 e. The number of carbonyl (C=O) groups is 1. The van der Waals surface area contributed by atoms with Crippen molar-refractivity contribution in [2.45, 2.75) is 5.88 Å². The summed E-state index contributed by atoms with van der Waals surface area (Å²) in [4.78, 5) is 10.3. The number of aromatic nitrogens is 1. The summed E-state index contributed by atoms with van der Waals surface area (Å²) in [5.74, 6) is -1.02. The molecule has 0 spiro atoms. The molecule has 62 valence electrons. The molecule has 0 aromatic carbocycles. The number of halogens is 2. The first-order valence-electron chi connectivity index (χ1n) is 2.48. The third-order valence-corrected chi connectivity index (χ3v) is 1.28. The fourth-order valence-electron chi connectivity index (χ4n) is 0.528. The van der Waals surface area contributed by atoms with Gasteiger partial charge in [-0.1, -0.05) is 5.16 Å². The van der Waals surface area contributed by atoms with Crippen molar-refractivity contribution in [3.05, 3.63) is 17.5 Å². The lowest BCUT2D eigenvalue weighted by molar-refractivity contribution is 0.0685. The molecule has 0 radical (unpaired) electrons. The molecule has 0 atom stereocenters. The van der Waals surface area contributed by atoms with E-state index in [0.717, 1.165) is 0 Å². The van der Waals surface area contributed by atoms with Gasteiger partial charge in [0.15, 0.2) is 5.69 Å². The highest BCUT2D eigenvalue weighted by atomic mass is 35.5. The molecule has 1 heterocycles. The SMILES string of the molecule is Cl.O=C(O)c1nocc1CCl. The minimum absolute atomic E-state index is 0. The molecular formula is C5H5Cl2NO3. The van der Waals surface area contributed by atoms with Crippen molar-refractivity contribution >= 4 is 30.0 Å². The molecule has 0 saturated heterocycles. The Morgan fingerprint density at radius 2 is 2.45 bits per heavy atom. The minimum Gasteiger partial charge on any atom is -0.476 e. The van der Waals surface area contributed by atoms with E-state index in [4.69, 9.17) is 16.7 Å². The van der Waals surface area contributed by atoms with Crippen LogP contribution in [0.25, 0.3) is 0 Å². The van der Waals surface area contributed by atoms with Gasteiger partial charge in [-0.2, -0.15) is 0 Å². The molecule has 6 heteroatoms. The average molecular weight is 198 g/mol. The van der Waals surface area contributed by atoms with E-state index in [1.807, 2.05) is 0 Å². The number of nitrogens with zero attached hydrogens (tertiary/aromatic N) is 1. The van der Waals surface area contributed by atoms with Crippen LogP contribution in [0.2, 0.25) is 0 Å². The molecule has 0 amide bonds. The number of carboxylic acid groups (broad SMARTS) is 1. The molecule has 1 aromatic rings. The Kier molecular flexibility index (Phi) is 3.92. The summed E-state index contributed by atoms with van der Waals surface area (Å²) in [5, 5.41) is 11.6. The predicted molar refractivity (Wildman–Crippen MR) is 40.3 cm³/mol. The van der Waals surface area contributed by atoms with Gasteiger partial charge in [0.05, 0.1) is 5.88 Å². The van der Waals surface area contributed by atoms with Crippen LogP contribution in [0.1, 0.15) is 16.1 Å². The van der Waals surface area contributed by atoms with Gasteiger partial charge in [-0.3, -0.25) is 0 Å². The lowest BCUT2D eigenvalue weighted by Crippen LogP contribution is -1.99. The Balaban J connectivity index is 0.000001000. The van der Waals surface area contributed by atoms with Crippen molar-refractivity contribution in [1.82, 2.24) is 5.16 Å².